The quantitative estimate of drug-likeness (QED) is 0.351. The Morgan fingerprint density at radius 1 is 1.14 bits per heavy atom. The molecular formula is C15H14ClN3O2. The summed E-state index contributed by atoms with van der Waals surface area (Å²) < 4.78 is 0. The number of oxime groups is 1. The van der Waals surface area contributed by atoms with Crippen LogP contribution in [0.3, 0.4) is 0 Å². The maximum atomic E-state index is 12.4. The van der Waals surface area contributed by atoms with Gasteiger partial charge in [-0.05, 0) is 17.7 Å². The van der Waals surface area contributed by atoms with E-state index in [-0.39, 0.29) is 5.84 Å². The third-order valence-electron chi connectivity index (χ3n) is 2.94. The molecule has 0 heterocycles. The molecule has 108 valence electrons. The van der Waals surface area contributed by atoms with Crippen molar-refractivity contribution in [2.75, 3.05) is 5.32 Å². The first kappa shape index (κ1) is 14.9. The Morgan fingerprint density at radius 3 is 2.38 bits per heavy atom. The van der Waals surface area contributed by atoms with Crippen molar-refractivity contribution in [2.24, 2.45) is 10.9 Å². The van der Waals surface area contributed by atoms with Crippen LogP contribution in [0.25, 0.3) is 0 Å². The first-order chi connectivity index (χ1) is 10.1. The number of nitrogens with zero attached hydrogens (tertiary/aromatic N) is 1. The Balaban J connectivity index is 2.30. The van der Waals surface area contributed by atoms with Crippen LogP contribution in [-0.4, -0.2) is 17.0 Å². The van der Waals surface area contributed by atoms with Crippen molar-refractivity contribution in [3.63, 3.8) is 0 Å². The molecule has 6 heteroatoms. The van der Waals surface area contributed by atoms with E-state index in [1.165, 1.54) is 0 Å². The van der Waals surface area contributed by atoms with Crippen LogP contribution in [0.2, 0.25) is 5.02 Å². The van der Waals surface area contributed by atoms with Crippen LogP contribution in [0.15, 0.2) is 59.8 Å². The van der Waals surface area contributed by atoms with Gasteiger partial charge in [-0.15, -0.1) is 0 Å². The highest BCUT2D eigenvalue weighted by molar-refractivity contribution is 6.34. The second kappa shape index (κ2) is 6.76. The molecule has 0 saturated carbocycles. The molecule has 0 fully saturated rings. The summed E-state index contributed by atoms with van der Waals surface area (Å²) in [5.41, 5.74) is 6.74. The molecule has 0 aliphatic rings. The Kier molecular flexibility index (Phi) is 4.79. The number of carbonyl (C=O) groups excluding carboxylic acids is 1. The van der Waals surface area contributed by atoms with Gasteiger partial charge in [0.2, 0.25) is 5.91 Å². The van der Waals surface area contributed by atoms with Gasteiger partial charge in [0.05, 0.1) is 10.7 Å². The topological polar surface area (TPSA) is 87.7 Å². The van der Waals surface area contributed by atoms with E-state index in [9.17, 15) is 4.79 Å². The fraction of sp³-hybridized carbons (Fsp3) is 0.0667. The van der Waals surface area contributed by atoms with Gasteiger partial charge in [0.1, 0.15) is 5.92 Å². The molecule has 5 nitrogen and oxygen atoms in total. The number of hydrogen-bond donors (Lipinski definition) is 3. The van der Waals surface area contributed by atoms with E-state index in [1.807, 2.05) is 6.07 Å². The predicted octanol–water partition coefficient (Wildman–Crippen LogP) is 2.81. The van der Waals surface area contributed by atoms with Gasteiger partial charge < -0.3 is 16.3 Å². The van der Waals surface area contributed by atoms with E-state index in [4.69, 9.17) is 22.5 Å². The zero-order valence-electron chi connectivity index (χ0n) is 11.0. The van der Waals surface area contributed by atoms with E-state index in [0.717, 1.165) is 0 Å². The van der Waals surface area contributed by atoms with E-state index in [0.29, 0.717) is 16.3 Å². The smallest absolute Gasteiger partial charge is 0.239 e. The number of halogens is 1. The second-order valence-electron chi connectivity index (χ2n) is 4.34. The maximum Gasteiger partial charge on any atom is 0.239 e. The standard InChI is InChI=1S/C15H14ClN3O2/c16-11-8-4-5-9-12(11)18-15(20)13(14(17)19-21)10-6-2-1-3-7-10/h1-9,13,21H,(H2,17,19)(H,18,20). The number of amides is 1. The lowest BCUT2D eigenvalue weighted by molar-refractivity contribution is -0.116. The van der Waals surface area contributed by atoms with Gasteiger partial charge in [-0.3, -0.25) is 4.79 Å². The summed E-state index contributed by atoms with van der Waals surface area (Å²) in [7, 11) is 0. The van der Waals surface area contributed by atoms with Gasteiger partial charge in [0, 0.05) is 0 Å². The summed E-state index contributed by atoms with van der Waals surface area (Å²) in [4.78, 5) is 12.4. The summed E-state index contributed by atoms with van der Waals surface area (Å²) in [6, 6.07) is 15.7. The number of rotatable bonds is 4. The third-order valence-corrected chi connectivity index (χ3v) is 3.27. The van der Waals surface area contributed by atoms with E-state index < -0.39 is 11.8 Å². The molecule has 0 saturated heterocycles. The Bertz CT molecular complexity index is 659. The summed E-state index contributed by atoms with van der Waals surface area (Å²) in [5, 5.41) is 14.9. The number of carbonyl (C=O) groups is 1. The normalized spacial score (nSPS) is 12.7. The minimum Gasteiger partial charge on any atom is -0.409 e. The zero-order valence-corrected chi connectivity index (χ0v) is 11.8. The van der Waals surface area contributed by atoms with E-state index in [1.54, 1.807) is 48.5 Å². The molecule has 1 amide bonds. The first-order valence-corrected chi connectivity index (χ1v) is 6.59. The van der Waals surface area contributed by atoms with Crippen molar-refractivity contribution in [3.8, 4) is 0 Å². The largest absolute Gasteiger partial charge is 0.409 e. The fourth-order valence-corrected chi connectivity index (χ4v) is 2.11. The van der Waals surface area contributed by atoms with Crippen molar-refractivity contribution < 1.29 is 10.0 Å². The van der Waals surface area contributed by atoms with Crippen LogP contribution in [-0.2, 0) is 4.79 Å². The Labute approximate surface area is 127 Å². The predicted molar refractivity (Wildman–Crippen MR) is 82.7 cm³/mol. The number of anilines is 1. The van der Waals surface area contributed by atoms with Crippen LogP contribution in [0.5, 0.6) is 0 Å². The number of benzene rings is 2. The molecule has 0 bridgehead atoms. The van der Waals surface area contributed by atoms with Crippen LogP contribution in [0, 0.1) is 0 Å². The summed E-state index contributed by atoms with van der Waals surface area (Å²) in [6.45, 7) is 0. The highest BCUT2D eigenvalue weighted by atomic mass is 35.5. The minimum absolute atomic E-state index is 0.189. The van der Waals surface area contributed by atoms with Crippen molar-refractivity contribution >= 4 is 29.0 Å². The van der Waals surface area contributed by atoms with Gasteiger partial charge in [-0.1, -0.05) is 59.2 Å². The number of para-hydroxylation sites is 1. The number of nitrogens with two attached hydrogens (primary N) is 1. The summed E-state index contributed by atoms with van der Waals surface area (Å²) in [5.74, 6) is -1.51. The van der Waals surface area contributed by atoms with Crippen molar-refractivity contribution in [1.82, 2.24) is 0 Å². The van der Waals surface area contributed by atoms with Crippen molar-refractivity contribution in [1.29, 1.82) is 0 Å². The molecule has 1 unspecified atom stereocenters. The SMILES string of the molecule is NC(=NO)C(C(=O)Nc1ccccc1Cl)c1ccccc1. The van der Waals surface area contributed by atoms with Gasteiger partial charge in [-0.25, -0.2) is 0 Å². The van der Waals surface area contributed by atoms with Crippen LogP contribution >= 0.6 is 11.6 Å². The fourth-order valence-electron chi connectivity index (χ4n) is 1.93. The maximum absolute atomic E-state index is 12.4. The van der Waals surface area contributed by atoms with Crippen LogP contribution in [0.4, 0.5) is 5.69 Å². The molecule has 21 heavy (non-hydrogen) atoms. The number of nitrogens with one attached hydrogen (secondary N) is 1. The number of hydrogen-bond acceptors (Lipinski definition) is 3. The van der Waals surface area contributed by atoms with Gasteiger partial charge in [-0.2, -0.15) is 0 Å². The molecule has 1 atom stereocenters. The molecule has 0 aliphatic heterocycles. The average molecular weight is 304 g/mol. The Morgan fingerprint density at radius 2 is 1.76 bits per heavy atom. The second-order valence-corrected chi connectivity index (χ2v) is 4.74. The lowest BCUT2D eigenvalue weighted by Gasteiger charge is -2.16. The molecule has 2 rings (SSSR count). The highest BCUT2D eigenvalue weighted by Gasteiger charge is 2.25. The van der Waals surface area contributed by atoms with Gasteiger partial charge >= 0.3 is 0 Å². The molecule has 0 aromatic heterocycles. The third kappa shape index (κ3) is 3.52. The lowest BCUT2D eigenvalue weighted by atomic mass is 9.97. The van der Waals surface area contributed by atoms with Gasteiger partial charge in [0.15, 0.2) is 5.84 Å². The summed E-state index contributed by atoms with van der Waals surface area (Å²) >= 11 is 6.01. The molecule has 4 N–H and O–H groups in total. The van der Waals surface area contributed by atoms with Crippen molar-refractivity contribution in [2.45, 2.75) is 5.92 Å². The molecule has 0 radical (unpaired) electrons. The Hall–Kier alpha value is -2.53. The molecule has 2 aromatic carbocycles. The molecule has 2 aromatic rings. The minimum atomic E-state index is -0.896. The number of amidine groups is 1. The zero-order chi connectivity index (χ0) is 15.2. The van der Waals surface area contributed by atoms with Gasteiger partial charge in [0.25, 0.3) is 0 Å². The van der Waals surface area contributed by atoms with E-state index in [2.05, 4.69) is 10.5 Å². The molecule has 0 spiro atoms. The lowest BCUT2D eigenvalue weighted by Crippen LogP contribution is -2.32. The summed E-state index contributed by atoms with van der Waals surface area (Å²) in [6.07, 6.45) is 0. The van der Waals surface area contributed by atoms with Crippen LogP contribution < -0.4 is 11.1 Å². The highest BCUT2D eigenvalue weighted by Crippen LogP contribution is 2.23. The molecule has 0 aliphatic carbocycles. The average Bonchev–Trinajstić information content (AvgIpc) is 2.50. The monoisotopic (exact) mass is 303 g/mol. The van der Waals surface area contributed by atoms with Crippen molar-refractivity contribution in [3.05, 3.63) is 65.2 Å². The molecular weight excluding hydrogens is 290 g/mol. The van der Waals surface area contributed by atoms with E-state index >= 15 is 0 Å². The van der Waals surface area contributed by atoms with Crippen LogP contribution in [0.1, 0.15) is 11.5 Å². The first-order valence-electron chi connectivity index (χ1n) is 6.21.